The molecule has 0 aliphatic rings. The van der Waals surface area contributed by atoms with E-state index < -0.39 is 11.6 Å². The molecular weight excluding hydrogens is 262 g/mol. The number of hydrogen-bond acceptors (Lipinski definition) is 3. The first-order chi connectivity index (χ1) is 9.63. The number of nitrogens with one attached hydrogen (secondary N) is 1. The number of benzene rings is 1. The van der Waals surface area contributed by atoms with Gasteiger partial charge >= 0.3 is 0 Å². The summed E-state index contributed by atoms with van der Waals surface area (Å²) >= 11 is 0. The van der Waals surface area contributed by atoms with Crippen LogP contribution in [-0.2, 0) is 19.4 Å². The lowest BCUT2D eigenvalue weighted by Crippen LogP contribution is -2.31. The first-order valence-electron chi connectivity index (χ1n) is 6.62. The second-order valence-corrected chi connectivity index (χ2v) is 4.63. The fourth-order valence-electron chi connectivity index (χ4n) is 2.16. The summed E-state index contributed by atoms with van der Waals surface area (Å²) in [6, 6.07) is 4.10. The standard InChI is InChI=1S/C14H18F2N4/c1-3-20-14(18-9-19-20)8-11(17-2)6-10-4-5-12(15)13(16)7-10/h4-5,7,9,11,17H,3,6,8H2,1-2H3. The zero-order valence-electron chi connectivity index (χ0n) is 11.6. The molecule has 0 spiro atoms. The fourth-order valence-corrected chi connectivity index (χ4v) is 2.16. The van der Waals surface area contributed by atoms with Crippen molar-refractivity contribution in [3.05, 3.63) is 47.5 Å². The topological polar surface area (TPSA) is 42.7 Å². The minimum Gasteiger partial charge on any atom is -0.316 e. The highest BCUT2D eigenvalue weighted by Crippen LogP contribution is 2.12. The van der Waals surface area contributed by atoms with Crippen molar-refractivity contribution >= 4 is 0 Å². The molecule has 0 fully saturated rings. The van der Waals surface area contributed by atoms with Gasteiger partial charge in [0.15, 0.2) is 11.6 Å². The Morgan fingerprint density at radius 1 is 1.25 bits per heavy atom. The molecule has 4 nitrogen and oxygen atoms in total. The second-order valence-electron chi connectivity index (χ2n) is 4.63. The SMILES string of the molecule is CCn1ncnc1CC(Cc1ccc(F)c(F)c1)NC. The Bertz CT molecular complexity index is 568. The summed E-state index contributed by atoms with van der Waals surface area (Å²) in [6.45, 7) is 2.76. The molecule has 0 amide bonds. The summed E-state index contributed by atoms with van der Waals surface area (Å²) in [5, 5.41) is 7.30. The number of rotatable bonds is 6. The van der Waals surface area contributed by atoms with Crippen molar-refractivity contribution in [3.63, 3.8) is 0 Å². The smallest absolute Gasteiger partial charge is 0.159 e. The lowest BCUT2D eigenvalue weighted by atomic mass is 10.0. The number of nitrogens with zero attached hydrogens (tertiary/aromatic N) is 3. The molecule has 1 aromatic carbocycles. The van der Waals surface area contributed by atoms with Crippen LogP contribution in [0.5, 0.6) is 0 Å². The molecule has 0 radical (unpaired) electrons. The van der Waals surface area contributed by atoms with E-state index in [4.69, 9.17) is 0 Å². The lowest BCUT2D eigenvalue weighted by molar-refractivity contribution is 0.496. The van der Waals surface area contributed by atoms with E-state index in [0.717, 1.165) is 24.0 Å². The summed E-state index contributed by atoms with van der Waals surface area (Å²) in [4.78, 5) is 4.23. The lowest BCUT2D eigenvalue weighted by Gasteiger charge is -2.16. The minimum absolute atomic E-state index is 0.0920. The molecule has 1 atom stereocenters. The molecule has 1 heterocycles. The Labute approximate surface area is 116 Å². The van der Waals surface area contributed by atoms with Gasteiger partial charge in [-0.1, -0.05) is 6.07 Å². The van der Waals surface area contributed by atoms with Crippen LogP contribution in [0.1, 0.15) is 18.3 Å². The molecule has 0 bridgehead atoms. The van der Waals surface area contributed by atoms with Crippen molar-refractivity contribution in [2.24, 2.45) is 0 Å². The van der Waals surface area contributed by atoms with E-state index in [2.05, 4.69) is 15.4 Å². The molecular formula is C14H18F2N4. The van der Waals surface area contributed by atoms with E-state index in [1.165, 1.54) is 12.4 Å². The molecule has 1 N–H and O–H groups in total. The highest BCUT2D eigenvalue weighted by atomic mass is 19.2. The van der Waals surface area contributed by atoms with Gasteiger partial charge in [-0.15, -0.1) is 0 Å². The minimum atomic E-state index is -0.819. The van der Waals surface area contributed by atoms with Crippen LogP contribution in [0, 0.1) is 11.6 Å². The maximum Gasteiger partial charge on any atom is 0.159 e. The van der Waals surface area contributed by atoms with E-state index in [1.54, 1.807) is 6.07 Å². The van der Waals surface area contributed by atoms with Crippen LogP contribution < -0.4 is 5.32 Å². The monoisotopic (exact) mass is 280 g/mol. The van der Waals surface area contributed by atoms with Gasteiger partial charge in [0.25, 0.3) is 0 Å². The van der Waals surface area contributed by atoms with Gasteiger partial charge in [-0.05, 0) is 38.1 Å². The third-order valence-corrected chi connectivity index (χ3v) is 3.30. The van der Waals surface area contributed by atoms with Crippen molar-refractivity contribution in [1.82, 2.24) is 20.1 Å². The fraction of sp³-hybridized carbons (Fsp3) is 0.429. The predicted molar refractivity (Wildman–Crippen MR) is 72.3 cm³/mol. The van der Waals surface area contributed by atoms with Crippen molar-refractivity contribution in [2.75, 3.05) is 7.05 Å². The van der Waals surface area contributed by atoms with Crippen LogP contribution in [0.15, 0.2) is 24.5 Å². The predicted octanol–water partition coefficient (Wildman–Crippen LogP) is 1.95. The molecule has 1 aromatic heterocycles. The van der Waals surface area contributed by atoms with Crippen molar-refractivity contribution in [3.8, 4) is 0 Å². The van der Waals surface area contributed by atoms with Gasteiger partial charge < -0.3 is 5.32 Å². The molecule has 20 heavy (non-hydrogen) atoms. The number of likely N-dealkylation sites (N-methyl/N-ethyl adjacent to an activating group) is 1. The second kappa shape index (κ2) is 6.56. The van der Waals surface area contributed by atoms with Gasteiger partial charge in [-0.3, -0.25) is 4.68 Å². The van der Waals surface area contributed by atoms with Gasteiger partial charge in [0.2, 0.25) is 0 Å². The highest BCUT2D eigenvalue weighted by Gasteiger charge is 2.13. The van der Waals surface area contributed by atoms with Crippen LogP contribution in [0.25, 0.3) is 0 Å². The zero-order valence-corrected chi connectivity index (χ0v) is 11.6. The van der Waals surface area contributed by atoms with Gasteiger partial charge in [-0.2, -0.15) is 5.10 Å². The number of aromatic nitrogens is 3. The first-order valence-corrected chi connectivity index (χ1v) is 6.62. The highest BCUT2D eigenvalue weighted by molar-refractivity contribution is 5.19. The van der Waals surface area contributed by atoms with Gasteiger partial charge in [-0.25, -0.2) is 13.8 Å². The third-order valence-electron chi connectivity index (χ3n) is 3.30. The number of hydrogen-bond donors (Lipinski definition) is 1. The normalized spacial score (nSPS) is 12.6. The Hall–Kier alpha value is -1.82. The Balaban J connectivity index is 2.07. The van der Waals surface area contributed by atoms with Gasteiger partial charge in [0.1, 0.15) is 12.2 Å². The molecule has 1 unspecified atom stereocenters. The van der Waals surface area contributed by atoms with Crippen LogP contribution in [0.4, 0.5) is 8.78 Å². The van der Waals surface area contributed by atoms with Gasteiger partial charge in [0.05, 0.1) is 0 Å². The van der Waals surface area contributed by atoms with E-state index in [9.17, 15) is 8.78 Å². The molecule has 0 aliphatic carbocycles. The average Bonchev–Trinajstić information content (AvgIpc) is 2.89. The molecule has 0 saturated carbocycles. The molecule has 0 aliphatic heterocycles. The van der Waals surface area contributed by atoms with E-state index >= 15 is 0 Å². The van der Waals surface area contributed by atoms with Crippen molar-refractivity contribution in [1.29, 1.82) is 0 Å². The van der Waals surface area contributed by atoms with Crippen LogP contribution in [-0.4, -0.2) is 27.9 Å². The summed E-state index contributed by atoms with van der Waals surface area (Å²) < 4.78 is 27.9. The molecule has 2 rings (SSSR count). The third kappa shape index (κ3) is 3.39. The Morgan fingerprint density at radius 2 is 2.05 bits per heavy atom. The van der Waals surface area contributed by atoms with E-state index in [-0.39, 0.29) is 6.04 Å². The summed E-state index contributed by atoms with van der Waals surface area (Å²) in [6.07, 6.45) is 2.82. The first kappa shape index (κ1) is 14.6. The Morgan fingerprint density at radius 3 is 2.70 bits per heavy atom. The average molecular weight is 280 g/mol. The van der Waals surface area contributed by atoms with Crippen molar-refractivity contribution < 1.29 is 8.78 Å². The van der Waals surface area contributed by atoms with Crippen molar-refractivity contribution in [2.45, 2.75) is 32.4 Å². The Kier molecular flexibility index (Phi) is 4.79. The quantitative estimate of drug-likeness (QED) is 0.879. The maximum absolute atomic E-state index is 13.2. The summed E-state index contributed by atoms with van der Waals surface area (Å²) in [7, 11) is 1.84. The number of halogens is 2. The zero-order chi connectivity index (χ0) is 14.5. The maximum atomic E-state index is 13.2. The van der Waals surface area contributed by atoms with Crippen LogP contribution in [0.2, 0.25) is 0 Å². The molecule has 6 heteroatoms. The van der Waals surface area contributed by atoms with Gasteiger partial charge in [0, 0.05) is 19.0 Å². The molecule has 0 saturated heterocycles. The summed E-state index contributed by atoms with van der Waals surface area (Å²) in [5.74, 6) is -0.746. The van der Waals surface area contributed by atoms with Crippen LogP contribution in [0.3, 0.4) is 0 Å². The largest absolute Gasteiger partial charge is 0.316 e. The molecule has 108 valence electrons. The summed E-state index contributed by atoms with van der Waals surface area (Å²) in [5.41, 5.74) is 0.755. The van der Waals surface area contributed by atoms with E-state index in [1.807, 2.05) is 18.7 Å². The number of aryl methyl sites for hydroxylation is 1. The van der Waals surface area contributed by atoms with Crippen LogP contribution >= 0.6 is 0 Å². The van der Waals surface area contributed by atoms with E-state index in [0.29, 0.717) is 12.8 Å². The molecule has 2 aromatic rings.